The maximum absolute atomic E-state index is 12.0. The van der Waals surface area contributed by atoms with Crippen LogP contribution in [0.4, 0.5) is 5.69 Å². The smallest absolute Gasteiger partial charge is 0.325 e. The van der Waals surface area contributed by atoms with Gasteiger partial charge in [0.2, 0.25) is 5.91 Å². The third-order valence-corrected chi connectivity index (χ3v) is 4.05. The predicted molar refractivity (Wildman–Crippen MR) is 83.6 cm³/mol. The molecular weight excluding hydrogens is 360 g/mol. The molecule has 0 saturated carbocycles. The molecule has 1 atom stereocenters. The van der Waals surface area contributed by atoms with Crippen molar-refractivity contribution in [3.8, 4) is 0 Å². The number of anilines is 1. The number of rotatable bonds is 4. The molecule has 2 aromatic rings. The molecule has 2 rings (SSSR count). The average Bonchev–Trinajstić information content (AvgIpc) is 2.44. The fourth-order valence-corrected chi connectivity index (χ4v) is 2.44. The standard InChI is InChI=1S/C12H11BrN4O3S/c1-6(21-11-10(19)15-12(20)17-16-11)9(18)14-8-4-2-7(13)3-5-8/h2-6H,1H3,(H,14,18)(H2,15,17,19,20). The lowest BCUT2D eigenvalue weighted by atomic mass is 10.3. The van der Waals surface area contributed by atoms with Crippen LogP contribution in [0.5, 0.6) is 0 Å². The van der Waals surface area contributed by atoms with E-state index in [2.05, 4.69) is 36.4 Å². The van der Waals surface area contributed by atoms with Crippen LogP contribution in [-0.2, 0) is 4.79 Å². The third kappa shape index (κ3) is 4.30. The molecule has 0 bridgehead atoms. The fraction of sp³-hybridized carbons (Fsp3) is 0.167. The van der Waals surface area contributed by atoms with Gasteiger partial charge in [0.25, 0.3) is 5.56 Å². The van der Waals surface area contributed by atoms with E-state index in [1.54, 1.807) is 19.1 Å². The number of thioether (sulfide) groups is 1. The van der Waals surface area contributed by atoms with Gasteiger partial charge in [0.05, 0.1) is 5.25 Å². The van der Waals surface area contributed by atoms with Crippen molar-refractivity contribution in [1.29, 1.82) is 0 Å². The number of halogens is 1. The van der Waals surface area contributed by atoms with Crippen molar-refractivity contribution in [2.75, 3.05) is 5.32 Å². The van der Waals surface area contributed by atoms with Crippen molar-refractivity contribution in [3.05, 3.63) is 49.6 Å². The highest BCUT2D eigenvalue weighted by atomic mass is 79.9. The summed E-state index contributed by atoms with van der Waals surface area (Å²) in [6.45, 7) is 1.64. The van der Waals surface area contributed by atoms with Crippen molar-refractivity contribution in [2.45, 2.75) is 17.2 Å². The van der Waals surface area contributed by atoms with Gasteiger partial charge in [-0.1, -0.05) is 27.7 Å². The van der Waals surface area contributed by atoms with Crippen molar-refractivity contribution in [2.24, 2.45) is 0 Å². The monoisotopic (exact) mass is 370 g/mol. The minimum absolute atomic E-state index is 0.0352. The number of carbonyl (C=O) groups is 1. The molecule has 3 N–H and O–H groups in total. The molecule has 9 heteroatoms. The molecule has 7 nitrogen and oxygen atoms in total. The molecule has 0 spiro atoms. The Bertz CT molecular complexity index is 756. The van der Waals surface area contributed by atoms with Gasteiger partial charge in [0.15, 0.2) is 5.03 Å². The van der Waals surface area contributed by atoms with Crippen molar-refractivity contribution in [3.63, 3.8) is 0 Å². The van der Waals surface area contributed by atoms with Crippen LogP contribution in [0.15, 0.2) is 43.4 Å². The van der Waals surface area contributed by atoms with E-state index < -0.39 is 16.5 Å². The largest absolute Gasteiger partial charge is 0.342 e. The second-order valence-electron chi connectivity index (χ2n) is 4.07. The lowest BCUT2D eigenvalue weighted by molar-refractivity contribution is -0.115. The minimum atomic E-state index is -0.684. The number of amides is 1. The summed E-state index contributed by atoms with van der Waals surface area (Å²) in [5, 5.41) is 7.95. The highest BCUT2D eigenvalue weighted by Crippen LogP contribution is 2.19. The molecular formula is C12H11BrN4O3S. The Morgan fingerprint density at radius 1 is 1.33 bits per heavy atom. The van der Waals surface area contributed by atoms with E-state index in [9.17, 15) is 14.4 Å². The molecule has 21 heavy (non-hydrogen) atoms. The van der Waals surface area contributed by atoms with E-state index in [0.29, 0.717) is 5.69 Å². The maximum atomic E-state index is 12.0. The maximum Gasteiger partial charge on any atom is 0.342 e. The lowest BCUT2D eigenvalue weighted by Crippen LogP contribution is -2.28. The molecule has 0 aliphatic heterocycles. The first-order valence-electron chi connectivity index (χ1n) is 5.88. The summed E-state index contributed by atoms with van der Waals surface area (Å²) in [7, 11) is 0. The predicted octanol–water partition coefficient (Wildman–Crippen LogP) is 1.34. The molecule has 0 aliphatic rings. The lowest BCUT2D eigenvalue weighted by Gasteiger charge is -2.10. The van der Waals surface area contributed by atoms with Crippen LogP contribution in [0, 0.1) is 0 Å². The molecule has 0 aliphatic carbocycles. The number of benzene rings is 1. The molecule has 1 amide bonds. The zero-order valence-corrected chi connectivity index (χ0v) is 13.2. The molecule has 0 fully saturated rings. The van der Waals surface area contributed by atoms with Crippen LogP contribution in [0.1, 0.15) is 6.92 Å². The second-order valence-corrected chi connectivity index (χ2v) is 6.31. The average molecular weight is 371 g/mol. The van der Waals surface area contributed by atoms with E-state index in [1.165, 1.54) is 0 Å². The van der Waals surface area contributed by atoms with Crippen molar-refractivity contribution >= 4 is 39.3 Å². The first-order valence-corrected chi connectivity index (χ1v) is 7.55. The number of hydrogen-bond acceptors (Lipinski definition) is 5. The molecule has 0 radical (unpaired) electrons. The molecule has 1 aromatic heterocycles. The number of nitrogens with zero attached hydrogens (tertiary/aromatic N) is 1. The molecule has 1 heterocycles. The van der Waals surface area contributed by atoms with Crippen LogP contribution in [0.3, 0.4) is 0 Å². The third-order valence-electron chi connectivity index (χ3n) is 2.45. The van der Waals surface area contributed by atoms with Crippen molar-refractivity contribution < 1.29 is 4.79 Å². The summed E-state index contributed by atoms with van der Waals surface area (Å²) < 4.78 is 0.909. The first kappa shape index (κ1) is 15.5. The Balaban J connectivity index is 2.04. The highest BCUT2D eigenvalue weighted by Gasteiger charge is 2.17. The van der Waals surface area contributed by atoms with Gasteiger partial charge in [0.1, 0.15) is 0 Å². The Morgan fingerprint density at radius 2 is 2.00 bits per heavy atom. The molecule has 1 unspecified atom stereocenters. The SMILES string of the molecule is CC(Sc1n[nH]c(=O)[nH]c1=O)C(=O)Nc1ccc(Br)cc1. The number of aromatic amines is 2. The topological polar surface area (TPSA) is 108 Å². The summed E-state index contributed by atoms with van der Waals surface area (Å²) in [6.07, 6.45) is 0. The van der Waals surface area contributed by atoms with E-state index in [1.807, 2.05) is 12.1 Å². The van der Waals surface area contributed by atoms with Crippen molar-refractivity contribution in [1.82, 2.24) is 15.2 Å². The molecule has 1 aromatic carbocycles. The minimum Gasteiger partial charge on any atom is -0.325 e. The van der Waals surface area contributed by atoms with Gasteiger partial charge in [-0.05, 0) is 31.2 Å². The van der Waals surface area contributed by atoms with Gasteiger partial charge in [-0.3, -0.25) is 14.6 Å². The fourth-order valence-electron chi connectivity index (χ4n) is 1.41. The van der Waals surface area contributed by atoms with Crippen LogP contribution in [0.25, 0.3) is 0 Å². The van der Waals surface area contributed by atoms with Crippen LogP contribution in [0.2, 0.25) is 0 Å². The summed E-state index contributed by atoms with van der Waals surface area (Å²) in [5.41, 5.74) is -0.651. The van der Waals surface area contributed by atoms with Gasteiger partial charge in [0, 0.05) is 10.2 Å². The quantitative estimate of drug-likeness (QED) is 0.703. The zero-order valence-electron chi connectivity index (χ0n) is 10.8. The number of aromatic nitrogens is 3. The van der Waals surface area contributed by atoms with E-state index in [-0.39, 0.29) is 10.9 Å². The number of carbonyl (C=O) groups excluding carboxylic acids is 1. The molecule has 0 saturated heterocycles. The van der Waals surface area contributed by atoms with Crippen LogP contribution >= 0.6 is 27.7 Å². The van der Waals surface area contributed by atoms with Crippen LogP contribution in [-0.4, -0.2) is 26.3 Å². The Kier molecular flexibility index (Phi) is 4.97. The summed E-state index contributed by atoms with van der Waals surface area (Å²) >= 11 is 4.27. The van der Waals surface area contributed by atoms with E-state index >= 15 is 0 Å². The van der Waals surface area contributed by atoms with Gasteiger partial charge < -0.3 is 5.32 Å². The number of nitrogens with one attached hydrogen (secondary N) is 3. The second kappa shape index (κ2) is 6.72. The number of hydrogen-bond donors (Lipinski definition) is 3. The summed E-state index contributed by atoms with van der Waals surface area (Å²) in [5.74, 6) is -0.269. The Hall–Kier alpha value is -1.87. The van der Waals surface area contributed by atoms with Gasteiger partial charge in [-0.25, -0.2) is 9.89 Å². The summed E-state index contributed by atoms with van der Waals surface area (Å²) in [4.78, 5) is 36.4. The van der Waals surface area contributed by atoms with Gasteiger partial charge >= 0.3 is 5.69 Å². The van der Waals surface area contributed by atoms with Crippen LogP contribution < -0.4 is 16.6 Å². The Morgan fingerprint density at radius 3 is 2.62 bits per heavy atom. The highest BCUT2D eigenvalue weighted by molar-refractivity contribution is 9.10. The normalized spacial score (nSPS) is 11.9. The first-order chi connectivity index (χ1) is 9.95. The summed E-state index contributed by atoms with van der Waals surface area (Å²) in [6, 6.07) is 7.12. The van der Waals surface area contributed by atoms with Gasteiger partial charge in [-0.15, -0.1) is 0 Å². The molecule has 110 valence electrons. The van der Waals surface area contributed by atoms with E-state index in [4.69, 9.17) is 0 Å². The zero-order chi connectivity index (χ0) is 15.4. The Labute approximate surface area is 131 Å². The number of H-pyrrole nitrogens is 2. The van der Waals surface area contributed by atoms with Gasteiger partial charge in [-0.2, -0.15) is 5.10 Å². The van der Waals surface area contributed by atoms with E-state index in [0.717, 1.165) is 16.2 Å².